The van der Waals surface area contributed by atoms with Crippen molar-refractivity contribution in [3.63, 3.8) is 0 Å². The molecule has 34 nitrogen and oxygen atoms in total. The molecule has 76 heavy (non-hydrogen) atoms. The summed E-state index contributed by atoms with van der Waals surface area (Å²) in [6.07, 6.45) is -64.2. The van der Waals surface area contributed by atoms with Gasteiger partial charge in [-0.25, -0.2) is 0 Å². The zero-order valence-corrected chi connectivity index (χ0v) is 39.8. The highest BCUT2D eigenvalue weighted by Gasteiger charge is 2.63. The molecule has 0 aliphatic carbocycles. The molecule has 0 spiro atoms. The summed E-state index contributed by atoms with van der Waals surface area (Å²) in [6, 6.07) is 0. The molecule has 19 N–H and O–H groups in total. The number of fused-ring (bicyclic) bond motifs is 1. The summed E-state index contributed by atoms with van der Waals surface area (Å²) in [5.41, 5.74) is 0. The van der Waals surface area contributed by atoms with Crippen LogP contribution in [0.25, 0.3) is 0 Å². The topological polar surface area (TPSA) is 526 Å². The fourth-order valence-corrected chi connectivity index (χ4v) is 10.7. The van der Waals surface area contributed by atoms with Crippen LogP contribution in [0, 0.1) is 0 Å². The van der Waals surface area contributed by atoms with Crippen LogP contribution in [0.4, 0.5) is 0 Å². The van der Waals surface area contributed by atoms with Gasteiger partial charge in [0.1, 0.15) is 171 Å². The van der Waals surface area contributed by atoms with Gasteiger partial charge in [0, 0.05) is 0 Å². The van der Waals surface area contributed by atoms with E-state index in [-0.39, 0.29) is 0 Å². The molecule has 21 heterocycles. The number of epoxide rings is 1. The lowest BCUT2D eigenvalue weighted by molar-refractivity contribution is -0.396. The fourth-order valence-electron chi connectivity index (χ4n) is 10.7. The summed E-state index contributed by atoms with van der Waals surface area (Å²) in [5, 5.41) is 208. The fraction of sp³-hybridized carbons (Fsp3) is 1.00. The third-order valence-electron chi connectivity index (χ3n) is 15.0. The molecule has 0 saturated carbocycles. The molecule has 21 saturated heterocycles. The second-order valence-electron chi connectivity index (χ2n) is 19.7. The van der Waals surface area contributed by atoms with Gasteiger partial charge in [0.25, 0.3) is 0 Å². The number of hydrogen-bond acceptors (Lipinski definition) is 34. The number of rotatable bonds is 7. The van der Waals surface area contributed by atoms with Gasteiger partial charge in [-0.2, -0.15) is 0 Å². The van der Waals surface area contributed by atoms with E-state index in [1.54, 1.807) is 0 Å². The number of aliphatic hydroxyl groups excluding tert-OH is 19. The van der Waals surface area contributed by atoms with Crippen molar-refractivity contribution in [2.24, 2.45) is 0 Å². The van der Waals surface area contributed by atoms with Gasteiger partial charge >= 0.3 is 0 Å². The van der Waals surface area contributed by atoms with Crippen LogP contribution in [0.2, 0.25) is 0 Å². The third kappa shape index (κ3) is 11.2. The van der Waals surface area contributed by atoms with E-state index in [9.17, 15) is 97.0 Å². The molecule has 34 heteroatoms. The van der Waals surface area contributed by atoms with Gasteiger partial charge in [-0.15, -0.1) is 0 Å². The van der Waals surface area contributed by atoms with Crippen molar-refractivity contribution < 1.29 is 168 Å². The zero-order valence-electron chi connectivity index (χ0n) is 39.8. The average Bonchev–Trinajstić information content (AvgIpc) is 4.28. The smallest absolute Gasteiger partial charge is 0.187 e. The van der Waals surface area contributed by atoms with E-state index in [1.807, 2.05) is 0 Å². The summed E-state index contributed by atoms with van der Waals surface area (Å²) < 4.78 is 86.4. The molecule has 21 aliphatic rings. The second kappa shape index (κ2) is 24.6. The van der Waals surface area contributed by atoms with E-state index in [2.05, 4.69) is 0 Å². The van der Waals surface area contributed by atoms with Crippen molar-refractivity contribution in [2.75, 3.05) is 46.2 Å². The van der Waals surface area contributed by atoms with Crippen molar-refractivity contribution in [1.29, 1.82) is 0 Å². The molecular weight excluding hydrogens is 1050 g/mol. The van der Waals surface area contributed by atoms with Gasteiger partial charge in [0.15, 0.2) is 44.0 Å². The molecule has 35 atom stereocenters. The van der Waals surface area contributed by atoms with Gasteiger partial charge < -0.3 is 168 Å². The maximum atomic E-state index is 11.4. The zero-order chi connectivity index (χ0) is 54.8. The van der Waals surface area contributed by atoms with E-state index >= 15 is 0 Å². The van der Waals surface area contributed by atoms with E-state index < -0.39 is 261 Å². The van der Waals surface area contributed by atoms with Crippen molar-refractivity contribution in [2.45, 2.75) is 215 Å². The first-order valence-electron chi connectivity index (χ1n) is 24.6. The molecule has 0 amide bonds. The molecule has 0 aromatic heterocycles. The van der Waals surface area contributed by atoms with Crippen molar-refractivity contribution in [1.82, 2.24) is 0 Å². The summed E-state index contributed by atoms with van der Waals surface area (Å²) in [4.78, 5) is 0. The lowest BCUT2D eigenvalue weighted by Crippen LogP contribution is -2.68. The van der Waals surface area contributed by atoms with Gasteiger partial charge in [-0.1, -0.05) is 0 Å². The lowest BCUT2D eigenvalue weighted by Gasteiger charge is -2.50. The Morgan fingerprint density at radius 1 is 0.158 bits per heavy atom. The van der Waals surface area contributed by atoms with Gasteiger partial charge in [0.2, 0.25) is 0 Å². The van der Waals surface area contributed by atoms with Crippen molar-refractivity contribution in [3.05, 3.63) is 0 Å². The molecule has 440 valence electrons. The molecule has 14 bridgehead atoms. The Morgan fingerprint density at radius 2 is 0.329 bits per heavy atom. The number of ether oxygens (including phenoxy) is 15. The van der Waals surface area contributed by atoms with Crippen LogP contribution in [0.1, 0.15) is 0 Å². The van der Waals surface area contributed by atoms with Gasteiger partial charge in [0.05, 0.1) is 46.2 Å². The SMILES string of the molecule is OC[C@H]1O[C@@H]2O[C@H]3[C@H](O)[C@@H](O)[C@@H](O[C@H]4[C@H](O)[C@@H](O)[C@@H](O[C@H]5[C@H]6O[C@@H]6[C@@H](O[C@H]6[C@H](O)[C@@H](O)[C@@H](O[C@H]7[C@H](O)[C@@H](O)[C@@H](O[C@H]8[C@H](O)[C@@H](O)[C@@H](O[C@H]1[C@H](O)[C@H]2O)O[C@@H]8CO)O[C@@H]7CO)O[C@@H]6CO)O[C@@H]5CO)O[C@@H]4CO)O[C@@H]3CO. The minimum absolute atomic E-state index is 0.822. The van der Waals surface area contributed by atoms with Crippen LogP contribution in [-0.4, -0.2) is 358 Å². The lowest BCUT2D eigenvalue weighted by atomic mass is 9.95. The highest BCUT2D eigenvalue weighted by atomic mass is 16.8. The Balaban J connectivity index is 0.984. The van der Waals surface area contributed by atoms with Crippen LogP contribution < -0.4 is 0 Å². The molecular formula is C42H68O34. The first-order valence-corrected chi connectivity index (χ1v) is 24.6. The standard InChI is InChI=1S/C42H68O34/c43-1-8-27-15(50)22(57)37(63-8)72-29-10(3-45)65-39(24(59)17(29)52)74-31-12(5-47)67-41(26(61)19(31)54)76-33-14(7-49)68-42(35-34(33)69-35)75-32-13(6-48)66-40(25(60)20(32)55)73-30-11(4-46)64-38(23(58)18(30)53)71-28-9(2-44)62-36(70-27)21(56)16(28)51/h8-61H,1-7H2/t8-,9-,10-,11-,12-,13-,14-,15-,16-,17-,18-,19-,20-,21-,22-,23-,24-,25-,26-,27-,28-,29-,30-,31-,32-,33-,34-,35+,36-,37-,38-,39-,40-,41-,42-/m1/s1. The van der Waals surface area contributed by atoms with Gasteiger partial charge in [-0.3, -0.25) is 0 Å². The maximum Gasteiger partial charge on any atom is 0.187 e. The molecule has 0 aromatic carbocycles. The Kier molecular flexibility index (Phi) is 19.2. The van der Waals surface area contributed by atoms with E-state index in [0.717, 1.165) is 0 Å². The number of hydrogen-bond donors (Lipinski definition) is 19. The Bertz CT molecular complexity index is 1840. The highest BCUT2D eigenvalue weighted by Crippen LogP contribution is 2.43. The van der Waals surface area contributed by atoms with Crippen LogP contribution in [0.5, 0.6) is 0 Å². The first kappa shape index (κ1) is 59.3. The molecule has 0 radical (unpaired) electrons. The van der Waals surface area contributed by atoms with Crippen molar-refractivity contribution >= 4 is 0 Å². The van der Waals surface area contributed by atoms with E-state index in [0.29, 0.717) is 0 Å². The molecule has 21 aliphatic heterocycles. The minimum Gasteiger partial charge on any atom is -0.394 e. The third-order valence-corrected chi connectivity index (χ3v) is 15.0. The average molecular weight is 1120 g/mol. The normalized spacial score (nSPS) is 56.3. The summed E-state index contributed by atoms with van der Waals surface area (Å²) in [6.45, 7) is -6.76. The van der Waals surface area contributed by atoms with Crippen LogP contribution in [0.15, 0.2) is 0 Å². The van der Waals surface area contributed by atoms with E-state index in [1.165, 1.54) is 0 Å². The largest absolute Gasteiger partial charge is 0.394 e. The maximum absolute atomic E-state index is 11.4. The molecule has 0 unspecified atom stereocenters. The van der Waals surface area contributed by atoms with Crippen LogP contribution in [-0.2, 0) is 71.1 Å². The van der Waals surface area contributed by atoms with Crippen LogP contribution >= 0.6 is 0 Å². The van der Waals surface area contributed by atoms with E-state index in [4.69, 9.17) is 71.1 Å². The Hall–Kier alpha value is -1.36. The van der Waals surface area contributed by atoms with Crippen molar-refractivity contribution in [3.8, 4) is 0 Å². The monoisotopic (exact) mass is 1120 g/mol. The summed E-state index contributed by atoms with van der Waals surface area (Å²) in [5.74, 6) is 0. The quantitative estimate of drug-likeness (QED) is 0.105. The number of aliphatic hydroxyl groups is 19. The molecule has 21 rings (SSSR count). The van der Waals surface area contributed by atoms with Crippen LogP contribution in [0.3, 0.4) is 0 Å². The second-order valence-corrected chi connectivity index (χ2v) is 19.7. The predicted octanol–water partition coefficient (Wildman–Crippen LogP) is -14.2. The highest BCUT2D eigenvalue weighted by molar-refractivity contribution is 5.05. The molecule has 21 fully saturated rings. The Morgan fingerprint density at radius 3 is 0.539 bits per heavy atom. The Labute approximate surface area is 428 Å². The molecule has 0 aromatic rings. The summed E-state index contributed by atoms with van der Waals surface area (Å²) in [7, 11) is 0. The minimum atomic E-state index is -2.18. The summed E-state index contributed by atoms with van der Waals surface area (Å²) >= 11 is 0. The first-order chi connectivity index (χ1) is 36.3. The van der Waals surface area contributed by atoms with Gasteiger partial charge in [-0.05, 0) is 0 Å². The predicted molar refractivity (Wildman–Crippen MR) is 225 cm³/mol.